The maximum Gasteiger partial charge on any atom is 0.00610 e. The van der Waals surface area contributed by atoms with Crippen LogP contribution in [-0.4, -0.2) is 0 Å². The van der Waals surface area contributed by atoms with Crippen LogP contribution in [0.4, 0.5) is 0 Å². The van der Waals surface area contributed by atoms with Crippen molar-refractivity contribution in [3.8, 4) is 0 Å². The fraction of sp³-hybridized carbons (Fsp3) is 0.200. The van der Waals surface area contributed by atoms with E-state index in [9.17, 15) is 0 Å². The molecule has 0 N–H and O–H groups in total. The summed E-state index contributed by atoms with van der Waals surface area (Å²) in [6.45, 7) is 9.81. The number of rotatable bonds is 6. The Labute approximate surface area is 122 Å². The van der Waals surface area contributed by atoms with Gasteiger partial charge < -0.3 is 0 Å². The first-order valence-corrected chi connectivity index (χ1v) is 7.14. The number of allylic oxidation sites excluding steroid dienone is 2. The smallest absolute Gasteiger partial charge is 0.00610 e. The summed E-state index contributed by atoms with van der Waals surface area (Å²) in [6, 6.07) is 17.7. The molecule has 0 aliphatic rings. The predicted molar refractivity (Wildman–Crippen MR) is 88.2 cm³/mol. The lowest BCUT2D eigenvalue weighted by molar-refractivity contribution is 0.919. The van der Waals surface area contributed by atoms with Crippen LogP contribution in [0.5, 0.6) is 0 Å². The Kier molecular flexibility index (Phi) is 4.95. The first kappa shape index (κ1) is 14.3. The molecule has 0 radical (unpaired) electrons. The highest BCUT2D eigenvalue weighted by Crippen LogP contribution is 2.24. The minimum absolute atomic E-state index is 0.422. The summed E-state index contributed by atoms with van der Waals surface area (Å²) in [7, 11) is 0. The molecule has 2 aromatic rings. The zero-order valence-corrected chi connectivity index (χ0v) is 12.2. The molecule has 0 atom stereocenters. The highest BCUT2D eigenvalue weighted by Gasteiger charge is 2.08. The summed E-state index contributed by atoms with van der Waals surface area (Å²) in [5.41, 5.74) is 5.35. The molecule has 0 unspecified atom stereocenters. The molecule has 0 spiro atoms. The zero-order chi connectivity index (χ0) is 14.4. The van der Waals surface area contributed by atoms with Crippen molar-refractivity contribution < 1.29 is 0 Å². The maximum atomic E-state index is 3.78. The minimum Gasteiger partial charge on any atom is -0.103 e. The third-order valence-electron chi connectivity index (χ3n) is 3.72. The van der Waals surface area contributed by atoms with E-state index in [0.29, 0.717) is 5.92 Å². The van der Waals surface area contributed by atoms with E-state index in [-0.39, 0.29) is 0 Å². The first-order valence-electron chi connectivity index (χ1n) is 7.14. The van der Waals surface area contributed by atoms with Gasteiger partial charge in [-0.15, -0.1) is 13.2 Å². The molecule has 0 nitrogen and oxygen atoms in total. The zero-order valence-electron chi connectivity index (χ0n) is 12.2. The van der Waals surface area contributed by atoms with E-state index in [2.05, 4.69) is 68.6 Å². The summed E-state index contributed by atoms with van der Waals surface area (Å²) < 4.78 is 0. The molecule has 0 heteroatoms. The average molecular weight is 262 g/mol. The van der Waals surface area contributed by atoms with Gasteiger partial charge in [-0.2, -0.15) is 0 Å². The molecule has 0 aromatic heterocycles. The van der Waals surface area contributed by atoms with Gasteiger partial charge in [-0.1, -0.05) is 67.6 Å². The molecule has 0 heterocycles. The Hall–Kier alpha value is -2.08. The lowest BCUT2D eigenvalue weighted by atomic mass is 9.91. The molecular formula is C20H22. The summed E-state index contributed by atoms with van der Waals surface area (Å²) in [4.78, 5) is 0. The van der Waals surface area contributed by atoms with Gasteiger partial charge in [0.05, 0.1) is 0 Å². The van der Waals surface area contributed by atoms with E-state index in [1.807, 2.05) is 12.2 Å². The van der Waals surface area contributed by atoms with Crippen molar-refractivity contribution in [1.29, 1.82) is 0 Å². The number of hydrogen-bond donors (Lipinski definition) is 0. The standard InChI is InChI=1S/C20H22/c1-4-6-17-8-12-19(13-9-17)16(3)20-14-10-18(7-5-2)11-15-20/h4-5,8-16H,1-2,6-7H2,3H3. The van der Waals surface area contributed by atoms with Gasteiger partial charge in [0.2, 0.25) is 0 Å². The molecule has 2 aromatic carbocycles. The van der Waals surface area contributed by atoms with E-state index in [4.69, 9.17) is 0 Å². The lowest BCUT2D eigenvalue weighted by Crippen LogP contribution is -1.96. The molecule has 102 valence electrons. The van der Waals surface area contributed by atoms with Gasteiger partial charge in [-0.05, 0) is 35.1 Å². The molecule has 0 saturated heterocycles. The molecule has 0 fully saturated rings. The van der Waals surface area contributed by atoms with Gasteiger partial charge in [0.15, 0.2) is 0 Å². The Balaban J connectivity index is 2.15. The van der Waals surface area contributed by atoms with Gasteiger partial charge in [-0.3, -0.25) is 0 Å². The Morgan fingerprint density at radius 3 is 1.40 bits per heavy atom. The molecule has 0 aliphatic heterocycles. The quantitative estimate of drug-likeness (QED) is 0.620. The van der Waals surface area contributed by atoms with Crippen molar-refractivity contribution in [2.45, 2.75) is 25.7 Å². The highest BCUT2D eigenvalue weighted by molar-refractivity contribution is 5.35. The number of hydrogen-bond acceptors (Lipinski definition) is 0. The third-order valence-corrected chi connectivity index (χ3v) is 3.72. The SMILES string of the molecule is C=CCc1ccc(C(C)c2ccc(CC=C)cc2)cc1. The molecule has 0 bridgehead atoms. The topological polar surface area (TPSA) is 0 Å². The van der Waals surface area contributed by atoms with Crippen LogP contribution in [0.25, 0.3) is 0 Å². The third kappa shape index (κ3) is 3.48. The van der Waals surface area contributed by atoms with E-state index >= 15 is 0 Å². The van der Waals surface area contributed by atoms with Crippen molar-refractivity contribution in [3.05, 3.63) is 96.1 Å². The average Bonchev–Trinajstić information content (AvgIpc) is 2.49. The number of benzene rings is 2. The summed E-state index contributed by atoms with van der Waals surface area (Å²) in [6.07, 6.45) is 5.75. The fourth-order valence-electron chi connectivity index (χ4n) is 2.41. The van der Waals surface area contributed by atoms with Crippen LogP contribution >= 0.6 is 0 Å². The van der Waals surface area contributed by atoms with Crippen molar-refractivity contribution in [2.24, 2.45) is 0 Å². The van der Waals surface area contributed by atoms with Crippen LogP contribution in [0.1, 0.15) is 35.1 Å². The Morgan fingerprint density at radius 1 is 0.750 bits per heavy atom. The van der Waals surface area contributed by atoms with Crippen molar-refractivity contribution in [1.82, 2.24) is 0 Å². The summed E-state index contributed by atoms with van der Waals surface area (Å²) in [5.74, 6) is 0.422. The van der Waals surface area contributed by atoms with Crippen LogP contribution in [0.15, 0.2) is 73.8 Å². The van der Waals surface area contributed by atoms with Gasteiger partial charge in [0.1, 0.15) is 0 Å². The summed E-state index contributed by atoms with van der Waals surface area (Å²) >= 11 is 0. The van der Waals surface area contributed by atoms with E-state index in [1.54, 1.807) is 0 Å². The second-order valence-electron chi connectivity index (χ2n) is 5.19. The predicted octanol–water partition coefficient (Wildman–Crippen LogP) is 5.30. The monoisotopic (exact) mass is 262 g/mol. The minimum atomic E-state index is 0.422. The molecule has 20 heavy (non-hydrogen) atoms. The van der Waals surface area contributed by atoms with Crippen molar-refractivity contribution in [2.75, 3.05) is 0 Å². The molecule has 0 saturated carbocycles. The van der Waals surface area contributed by atoms with Crippen molar-refractivity contribution in [3.63, 3.8) is 0 Å². The molecule has 2 rings (SSSR count). The van der Waals surface area contributed by atoms with Crippen LogP contribution in [-0.2, 0) is 12.8 Å². The normalized spacial score (nSPS) is 10.5. The Morgan fingerprint density at radius 2 is 1.10 bits per heavy atom. The second-order valence-corrected chi connectivity index (χ2v) is 5.19. The highest BCUT2D eigenvalue weighted by atomic mass is 14.1. The largest absolute Gasteiger partial charge is 0.103 e. The molecule has 0 amide bonds. The van der Waals surface area contributed by atoms with Crippen LogP contribution in [0.3, 0.4) is 0 Å². The van der Waals surface area contributed by atoms with Crippen molar-refractivity contribution >= 4 is 0 Å². The maximum absolute atomic E-state index is 3.78. The van der Waals surface area contributed by atoms with Gasteiger partial charge in [0.25, 0.3) is 0 Å². The lowest BCUT2D eigenvalue weighted by Gasteiger charge is -2.13. The van der Waals surface area contributed by atoms with E-state index in [0.717, 1.165) is 12.8 Å². The Bertz CT molecular complexity index is 504. The van der Waals surface area contributed by atoms with Crippen LogP contribution < -0.4 is 0 Å². The fourth-order valence-corrected chi connectivity index (χ4v) is 2.41. The van der Waals surface area contributed by atoms with Crippen LogP contribution in [0.2, 0.25) is 0 Å². The van der Waals surface area contributed by atoms with E-state index < -0.39 is 0 Å². The van der Waals surface area contributed by atoms with Gasteiger partial charge >= 0.3 is 0 Å². The molecular weight excluding hydrogens is 240 g/mol. The van der Waals surface area contributed by atoms with Gasteiger partial charge in [-0.25, -0.2) is 0 Å². The van der Waals surface area contributed by atoms with E-state index in [1.165, 1.54) is 22.3 Å². The van der Waals surface area contributed by atoms with Gasteiger partial charge in [0, 0.05) is 5.92 Å². The first-order chi connectivity index (χ1) is 9.74. The molecule has 0 aliphatic carbocycles. The van der Waals surface area contributed by atoms with Crippen LogP contribution in [0, 0.1) is 0 Å². The second kappa shape index (κ2) is 6.91. The summed E-state index contributed by atoms with van der Waals surface area (Å²) in [5, 5.41) is 0.